The lowest BCUT2D eigenvalue weighted by Crippen LogP contribution is -2.41. The molecule has 150 valence electrons. The molecule has 1 aromatic heterocycles. The SMILES string of the molecule is Cc1cnc(C(C)Cc2ccccc2)c(=O)n1C(C=O)NCCNN=C(N)N. The number of nitrogens with one attached hydrogen (secondary N) is 2. The molecule has 0 aliphatic heterocycles. The number of carbonyl (C=O) groups is 1. The van der Waals surface area contributed by atoms with E-state index in [1.807, 2.05) is 37.3 Å². The Morgan fingerprint density at radius 1 is 1.29 bits per heavy atom. The maximum atomic E-state index is 13.0. The number of nitrogens with zero attached hydrogens (tertiary/aromatic N) is 3. The van der Waals surface area contributed by atoms with E-state index in [0.717, 1.165) is 5.56 Å². The molecule has 0 bridgehead atoms. The number of carbonyl (C=O) groups excluding carboxylic acids is 1. The van der Waals surface area contributed by atoms with Crippen LogP contribution in [-0.4, -0.2) is 34.9 Å². The maximum Gasteiger partial charge on any atom is 0.274 e. The lowest BCUT2D eigenvalue weighted by Gasteiger charge is -2.20. The van der Waals surface area contributed by atoms with Gasteiger partial charge in [0, 0.05) is 30.9 Å². The van der Waals surface area contributed by atoms with E-state index in [1.54, 1.807) is 13.1 Å². The van der Waals surface area contributed by atoms with E-state index in [4.69, 9.17) is 11.5 Å². The summed E-state index contributed by atoms with van der Waals surface area (Å²) in [4.78, 5) is 29.0. The molecule has 0 amide bonds. The fourth-order valence-electron chi connectivity index (χ4n) is 2.94. The van der Waals surface area contributed by atoms with Crippen molar-refractivity contribution in [2.75, 3.05) is 13.1 Å². The molecule has 2 aromatic rings. The highest BCUT2D eigenvalue weighted by Crippen LogP contribution is 2.16. The van der Waals surface area contributed by atoms with Crippen LogP contribution in [0.5, 0.6) is 0 Å². The minimum absolute atomic E-state index is 0.0785. The molecule has 0 aliphatic carbocycles. The van der Waals surface area contributed by atoms with Crippen LogP contribution < -0.4 is 27.8 Å². The summed E-state index contributed by atoms with van der Waals surface area (Å²) in [6.45, 7) is 4.47. The van der Waals surface area contributed by atoms with E-state index in [1.165, 1.54) is 4.57 Å². The summed E-state index contributed by atoms with van der Waals surface area (Å²) in [5.74, 6) is -0.164. The second-order valence-electron chi connectivity index (χ2n) is 6.53. The molecule has 2 unspecified atom stereocenters. The average molecular weight is 385 g/mol. The van der Waals surface area contributed by atoms with Crippen LogP contribution in [0.1, 0.15) is 36.0 Å². The number of hydrogen-bond donors (Lipinski definition) is 4. The van der Waals surface area contributed by atoms with Gasteiger partial charge in [-0.2, -0.15) is 0 Å². The van der Waals surface area contributed by atoms with Crippen LogP contribution in [0.3, 0.4) is 0 Å². The Hall–Kier alpha value is -3.20. The van der Waals surface area contributed by atoms with E-state index in [9.17, 15) is 9.59 Å². The van der Waals surface area contributed by atoms with Gasteiger partial charge in [0.25, 0.3) is 5.56 Å². The summed E-state index contributed by atoms with van der Waals surface area (Å²) in [5, 5.41) is 6.66. The van der Waals surface area contributed by atoms with E-state index in [0.29, 0.717) is 37.2 Å². The van der Waals surface area contributed by atoms with Crippen LogP contribution in [0.4, 0.5) is 0 Å². The minimum Gasteiger partial charge on any atom is -0.369 e. The monoisotopic (exact) mass is 385 g/mol. The first-order chi connectivity index (χ1) is 13.4. The molecule has 0 spiro atoms. The van der Waals surface area contributed by atoms with E-state index in [-0.39, 0.29) is 17.4 Å². The summed E-state index contributed by atoms with van der Waals surface area (Å²) in [7, 11) is 0. The molecule has 9 nitrogen and oxygen atoms in total. The quantitative estimate of drug-likeness (QED) is 0.148. The van der Waals surface area contributed by atoms with Crippen LogP contribution >= 0.6 is 0 Å². The highest BCUT2D eigenvalue weighted by atomic mass is 16.1. The third-order valence-corrected chi connectivity index (χ3v) is 4.27. The fraction of sp³-hybridized carbons (Fsp3) is 0.368. The second kappa shape index (κ2) is 10.2. The summed E-state index contributed by atoms with van der Waals surface area (Å²) in [6.07, 6.45) is 2.20. The lowest BCUT2D eigenvalue weighted by atomic mass is 9.98. The number of aromatic nitrogens is 2. The number of nitrogens with two attached hydrogens (primary N) is 2. The highest BCUT2D eigenvalue weighted by Gasteiger charge is 2.19. The Kier molecular flexibility index (Phi) is 7.70. The Morgan fingerprint density at radius 2 is 2.00 bits per heavy atom. The van der Waals surface area contributed by atoms with Crippen molar-refractivity contribution in [1.82, 2.24) is 20.3 Å². The van der Waals surface area contributed by atoms with Crippen molar-refractivity contribution in [3.05, 3.63) is 63.8 Å². The number of aldehydes is 1. The standard InChI is InChI=1S/C19H27N7O2/c1-13(10-15-6-4-3-5-7-15)17-18(28)26(14(2)11-23-17)16(12-27)22-8-9-24-25-19(20)21/h3-7,11-13,16,22,24H,8-10H2,1-2H3,(H4,20,21,25). The van der Waals surface area contributed by atoms with Crippen molar-refractivity contribution in [2.45, 2.75) is 32.4 Å². The first-order valence-electron chi connectivity index (χ1n) is 9.06. The van der Waals surface area contributed by atoms with Gasteiger partial charge in [-0.1, -0.05) is 37.3 Å². The smallest absolute Gasteiger partial charge is 0.274 e. The molecule has 0 fully saturated rings. The minimum atomic E-state index is -0.806. The zero-order valence-corrected chi connectivity index (χ0v) is 16.1. The van der Waals surface area contributed by atoms with Gasteiger partial charge in [0.15, 0.2) is 6.29 Å². The van der Waals surface area contributed by atoms with Crippen LogP contribution in [0.15, 0.2) is 46.4 Å². The zero-order valence-electron chi connectivity index (χ0n) is 16.1. The Balaban J connectivity index is 2.16. The molecule has 0 aliphatic rings. The molecule has 1 aromatic carbocycles. The van der Waals surface area contributed by atoms with E-state index < -0.39 is 6.17 Å². The first-order valence-corrected chi connectivity index (χ1v) is 9.06. The molecule has 2 rings (SSSR count). The summed E-state index contributed by atoms with van der Waals surface area (Å²) in [6, 6.07) is 9.91. The number of hydrazone groups is 1. The third-order valence-electron chi connectivity index (χ3n) is 4.27. The van der Waals surface area contributed by atoms with Crippen LogP contribution in [0, 0.1) is 6.92 Å². The number of hydrogen-bond acceptors (Lipinski definition) is 6. The number of aryl methyl sites for hydroxylation is 1. The lowest BCUT2D eigenvalue weighted by molar-refractivity contribution is -0.111. The van der Waals surface area contributed by atoms with Gasteiger partial charge in [-0.05, 0) is 18.9 Å². The first kappa shape index (κ1) is 21.1. The molecular formula is C19H27N7O2. The zero-order chi connectivity index (χ0) is 20.5. The molecule has 0 radical (unpaired) electrons. The topological polar surface area (TPSA) is 140 Å². The second-order valence-corrected chi connectivity index (χ2v) is 6.53. The van der Waals surface area contributed by atoms with Gasteiger partial charge in [-0.15, -0.1) is 5.10 Å². The molecule has 28 heavy (non-hydrogen) atoms. The number of guanidine groups is 1. The largest absolute Gasteiger partial charge is 0.369 e. The Bertz CT molecular complexity index is 860. The van der Waals surface area contributed by atoms with Gasteiger partial charge in [0.1, 0.15) is 11.9 Å². The summed E-state index contributed by atoms with van der Waals surface area (Å²) in [5.41, 5.74) is 15.0. The van der Waals surface area contributed by atoms with Gasteiger partial charge in [0.05, 0.1) is 0 Å². The van der Waals surface area contributed by atoms with Crippen molar-refractivity contribution >= 4 is 12.2 Å². The molecule has 1 heterocycles. The molecular weight excluding hydrogens is 358 g/mol. The molecule has 0 saturated heterocycles. The van der Waals surface area contributed by atoms with Gasteiger partial charge < -0.3 is 16.9 Å². The van der Waals surface area contributed by atoms with Crippen LogP contribution in [0.2, 0.25) is 0 Å². The third kappa shape index (κ3) is 5.65. The van der Waals surface area contributed by atoms with Crippen molar-refractivity contribution in [3.63, 3.8) is 0 Å². The molecule has 2 atom stereocenters. The normalized spacial score (nSPS) is 12.8. The van der Waals surface area contributed by atoms with E-state index in [2.05, 4.69) is 20.8 Å². The Labute approximate surface area is 163 Å². The number of benzene rings is 1. The van der Waals surface area contributed by atoms with Crippen molar-refractivity contribution in [3.8, 4) is 0 Å². The molecule has 9 heteroatoms. The number of rotatable bonds is 10. The predicted molar refractivity (Wildman–Crippen MR) is 109 cm³/mol. The van der Waals surface area contributed by atoms with Crippen LogP contribution in [-0.2, 0) is 11.2 Å². The van der Waals surface area contributed by atoms with Crippen molar-refractivity contribution < 1.29 is 4.79 Å². The van der Waals surface area contributed by atoms with E-state index >= 15 is 0 Å². The maximum absolute atomic E-state index is 13.0. The van der Waals surface area contributed by atoms with Crippen LogP contribution in [0.25, 0.3) is 0 Å². The molecule has 0 saturated carbocycles. The van der Waals surface area contributed by atoms with Gasteiger partial charge in [-0.25, -0.2) is 0 Å². The fourth-order valence-corrected chi connectivity index (χ4v) is 2.94. The van der Waals surface area contributed by atoms with Crippen molar-refractivity contribution in [1.29, 1.82) is 0 Å². The Morgan fingerprint density at radius 3 is 2.64 bits per heavy atom. The average Bonchev–Trinajstić information content (AvgIpc) is 2.66. The van der Waals surface area contributed by atoms with Gasteiger partial charge >= 0.3 is 0 Å². The summed E-state index contributed by atoms with van der Waals surface area (Å²) >= 11 is 0. The van der Waals surface area contributed by atoms with Gasteiger partial charge in [-0.3, -0.25) is 24.5 Å². The van der Waals surface area contributed by atoms with Crippen molar-refractivity contribution in [2.24, 2.45) is 16.6 Å². The summed E-state index contributed by atoms with van der Waals surface area (Å²) < 4.78 is 1.43. The van der Waals surface area contributed by atoms with Gasteiger partial charge in [0.2, 0.25) is 5.96 Å². The molecule has 6 N–H and O–H groups in total. The predicted octanol–water partition coefficient (Wildman–Crippen LogP) is -0.0370. The highest BCUT2D eigenvalue weighted by molar-refractivity contribution is 5.75.